The lowest BCUT2D eigenvalue weighted by atomic mass is 10.1. The molecule has 1 amide bonds. The van der Waals surface area contributed by atoms with Gasteiger partial charge in [-0.1, -0.05) is 67.2 Å². The Bertz CT molecular complexity index is 911. The van der Waals surface area contributed by atoms with E-state index in [1.165, 1.54) is 5.56 Å². The summed E-state index contributed by atoms with van der Waals surface area (Å²) < 4.78 is 2.12. The van der Waals surface area contributed by atoms with E-state index >= 15 is 0 Å². The summed E-state index contributed by atoms with van der Waals surface area (Å²) >= 11 is 0. The Labute approximate surface area is 154 Å². The van der Waals surface area contributed by atoms with E-state index in [2.05, 4.69) is 40.7 Å². The van der Waals surface area contributed by atoms with E-state index < -0.39 is 0 Å². The highest BCUT2D eigenvalue weighted by molar-refractivity contribution is 5.92. The van der Waals surface area contributed by atoms with Gasteiger partial charge in [0, 0.05) is 24.6 Å². The van der Waals surface area contributed by atoms with Gasteiger partial charge in [-0.3, -0.25) is 4.79 Å². The Morgan fingerprint density at radius 3 is 2.31 bits per heavy atom. The maximum absolute atomic E-state index is 11.9. The molecule has 0 radical (unpaired) electrons. The van der Waals surface area contributed by atoms with Crippen LogP contribution in [-0.2, 0) is 24.8 Å². The summed E-state index contributed by atoms with van der Waals surface area (Å²) in [7, 11) is 2.03. The zero-order valence-corrected chi connectivity index (χ0v) is 15.2. The third-order valence-corrected chi connectivity index (χ3v) is 4.32. The van der Waals surface area contributed by atoms with Crippen LogP contribution >= 0.6 is 0 Å². The van der Waals surface area contributed by atoms with Crippen LogP contribution in [0.4, 0.5) is 0 Å². The van der Waals surface area contributed by atoms with E-state index in [-0.39, 0.29) is 5.91 Å². The van der Waals surface area contributed by atoms with Crippen LogP contribution in [0.5, 0.6) is 0 Å². The number of hydrogen-bond donors (Lipinski definition) is 1. The van der Waals surface area contributed by atoms with Crippen LogP contribution in [0.25, 0.3) is 11.3 Å². The van der Waals surface area contributed by atoms with Crippen molar-refractivity contribution < 1.29 is 4.79 Å². The summed E-state index contributed by atoms with van der Waals surface area (Å²) in [6.45, 7) is 5.76. The molecule has 132 valence electrons. The zero-order valence-electron chi connectivity index (χ0n) is 15.2. The number of nitrogens with zero attached hydrogens (tertiary/aromatic N) is 2. The highest BCUT2D eigenvalue weighted by Crippen LogP contribution is 2.25. The van der Waals surface area contributed by atoms with Gasteiger partial charge in [0.05, 0.1) is 17.9 Å². The molecule has 3 aromatic rings. The summed E-state index contributed by atoms with van der Waals surface area (Å²) in [6, 6.07) is 20.4. The Balaban J connectivity index is 1.97. The van der Waals surface area contributed by atoms with Gasteiger partial charge >= 0.3 is 0 Å². The minimum Gasteiger partial charge on any atom is -0.347 e. The smallest absolute Gasteiger partial charge is 0.246 e. The van der Waals surface area contributed by atoms with Crippen LogP contribution in [0.2, 0.25) is 0 Å². The molecule has 4 nitrogen and oxygen atoms in total. The van der Waals surface area contributed by atoms with Gasteiger partial charge in [0.2, 0.25) is 5.91 Å². The number of hydrogen-bond acceptors (Lipinski definition) is 2. The molecule has 0 aliphatic heterocycles. The minimum absolute atomic E-state index is 0.153. The highest BCUT2D eigenvalue weighted by Gasteiger charge is 2.17. The number of benzene rings is 2. The lowest BCUT2D eigenvalue weighted by Crippen LogP contribution is -2.23. The second-order valence-electron chi connectivity index (χ2n) is 6.37. The van der Waals surface area contributed by atoms with E-state index in [1.807, 2.05) is 43.4 Å². The molecule has 0 aliphatic rings. The molecule has 0 atom stereocenters. The molecule has 0 fully saturated rings. The Hall–Kier alpha value is -3.14. The van der Waals surface area contributed by atoms with Crippen LogP contribution in [0.1, 0.15) is 24.0 Å². The second-order valence-corrected chi connectivity index (χ2v) is 6.37. The van der Waals surface area contributed by atoms with Crippen LogP contribution in [0, 0.1) is 0 Å². The van der Waals surface area contributed by atoms with E-state index in [9.17, 15) is 4.79 Å². The first-order chi connectivity index (χ1) is 12.6. The maximum Gasteiger partial charge on any atom is 0.246 e. The first kappa shape index (κ1) is 17.7. The van der Waals surface area contributed by atoms with Crippen molar-refractivity contribution in [1.82, 2.24) is 14.9 Å². The van der Waals surface area contributed by atoms with Crippen molar-refractivity contribution in [3.63, 3.8) is 0 Å². The predicted molar refractivity (Wildman–Crippen MR) is 105 cm³/mol. The fraction of sp³-hybridized carbons (Fsp3) is 0.182. The summed E-state index contributed by atoms with van der Waals surface area (Å²) in [5.41, 5.74) is 4.67. The van der Waals surface area contributed by atoms with Gasteiger partial charge in [0.15, 0.2) is 0 Å². The van der Waals surface area contributed by atoms with Crippen LogP contribution < -0.4 is 5.32 Å². The number of carbonyl (C=O) groups is 1. The fourth-order valence-corrected chi connectivity index (χ4v) is 2.94. The number of nitrogens with one attached hydrogen (secondary N) is 1. The Morgan fingerprint density at radius 2 is 1.69 bits per heavy atom. The summed E-state index contributed by atoms with van der Waals surface area (Å²) in [6.07, 6.45) is 0.742. The van der Waals surface area contributed by atoms with Crippen molar-refractivity contribution in [2.24, 2.45) is 7.05 Å². The molecule has 1 aromatic heterocycles. The highest BCUT2D eigenvalue weighted by atomic mass is 16.1. The first-order valence-electron chi connectivity index (χ1n) is 8.63. The summed E-state index contributed by atoms with van der Waals surface area (Å²) in [5.74, 6) is 0.814. The molecule has 1 heterocycles. The monoisotopic (exact) mass is 345 g/mol. The van der Waals surface area contributed by atoms with Gasteiger partial charge < -0.3 is 9.88 Å². The normalized spacial score (nSPS) is 10.5. The molecule has 0 aliphatic carbocycles. The summed E-state index contributed by atoms with van der Waals surface area (Å²) in [5, 5.41) is 2.90. The maximum atomic E-state index is 11.9. The minimum atomic E-state index is -0.153. The molecule has 0 unspecified atom stereocenters. The topological polar surface area (TPSA) is 46.9 Å². The third-order valence-electron chi connectivity index (χ3n) is 4.32. The third kappa shape index (κ3) is 3.91. The SMILES string of the molecule is C=C(C)C(=O)NCc1nc(Cc2ccccc2)n(C)c1-c1ccccc1. The lowest BCUT2D eigenvalue weighted by Gasteiger charge is -2.09. The quantitative estimate of drug-likeness (QED) is 0.690. The lowest BCUT2D eigenvalue weighted by molar-refractivity contribution is -0.117. The number of imidazole rings is 1. The van der Waals surface area contributed by atoms with Crippen LogP contribution in [0.3, 0.4) is 0 Å². The van der Waals surface area contributed by atoms with Crippen molar-refractivity contribution >= 4 is 5.91 Å². The second kappa shape index (κ2) is 7.83. The molecular formula is C22H23N3O. The molecule has 0 saturated carbocycles. The Kier molecular flexibility index (Phi) is 5.32. The molecule has 4 heteroatoms. The standard InChI is InChI=1S/C22H23N3O/c1-16(2)22(26)23-15-19-21(18-12-8-5-9-13-18)25(3)20(24-19)14-17-10-6-4-7-11-17/h4-13H,1,14-15H2,2-3H3,(H,23,26). The molecular weight excluding hydrogens is 322 g/mol. The van der Waals surface area contributed by atoms with Crippen LogP contribution in [0.15, 0.2) is 72.8 Å². The van der Waals surface area contributed by atoms with Gasteiger partial charge in [-0.2, -0.15) is 0 Å². The number of carbonyl (C=O) groups excluding carboxylic acids is 1. The molecule has 1 N–H and O–H groups in total. The molecule has 3 rings (SSSR count). The molecule has 0 bridgehead atoms. The van der Waals surface area contributed by atoms with Gasteiger partial charge in [-0.15, -0.1) is 0 Å². The van der Waals surface area contributed by atoms with Gasteiger partial charge in [-0.05, 0) is 12.5 Å². The van der Waals surface area contributed by atoms with E-state index in [1.54, 1.807) is 6.92 Å². The van der Waals surface area contributed by atoms with Crippen molar-refractivity contribution in [1.29, 1.82) is 0 Å². The van der Waals surface area contributed by atoms with Crippen LogP contribution in [-0.4, -0.2) is 15.5 Å². The molecule has 0 spiro atoms. The average molecular weight is 345 g/mol. The average Bonchev–Trinajstić information content (AvgIpc) is 2.96. The van der Waals surface area contributed by atoms with Crippen molar-refractivity contribution in [3.05, 3.63) is 89.9 Å². The summed E-state index contributed by atoms with van der Waals surface area (Å²) in [4.78, 5) is 16.7. The predicted octanol–water partition coefficient (Wildman–Crippen LogP) is 3.87. The molecule has 2 aromatic carbocycles. The largest absolute Gasteiger partial charge is 0.347 e. The van der Waals surface area contributed by atoms with Crippen molar-refractivity contribution in [2.45, 2.75) is 19.9 Å². The number of rotatable bonds is 6. The van der Waals surface area contributed by atoms with Crippen molar-refractivity contribution in [2.75, 3.05) is 0 Å². The number of amides is 1. The number of aromatic nitrogens is 2. The van der Waals surface area contributed by atoms with E-state index in [4.69, 9.17) is 4.98 Å². The van der Waals surface area contributed by atoms with Crippen molar-refractivity contribution in [3.8, 4) is 11.3 Å². The van der Waals surface area contributed by atoms with Gasteiger partial charge in [0.1, 0.15) is 5.82 Å². The molecule has 0 saturated heterocycles. The van der Waals surface area contributed by atoms with E-state index in [0.717, 1.165) is 29.2 Å². The Morgan fingerprint density at radius 1 is 1.08 bits per heavy atom. The molecule has 26 heavy (non-hydrogen) atoms. The van der Waals surface area contributed by atoms with Gasteiger partial charge in [0.25, 0.3) is 0 Å². The first-order valence-corrected chi connectivity index (χ1v) is 8.63. The van der Waals surface area contributed by atoms with Gasteiger partial charge in [-0.25, -0.2) is 4.98 Å². The fourth-order valence-electron chi connectivity index (χ4n) is 2.94. The van der Waals surface area contributed by atoms with E-state index in [0.29, 0.717) is 12.1 Å². The zero-order chi connectivity index (χ0) is 18.5.